The number of amides is 2. The van der Waals surface area contributed by atoms with Crippen molar-refractivity contribution in [1.82, 2.24) is 14.8 Å². The topological polar surface area (TPSA) is 89.3 Å². The van der Waals surface area contributed by atoms with Crippen LogP contribution >= 0.6 is 22.7 Å². The lowest BCUT2D eigenvalue weighted by molar-refractivity contribution is -0.132. The van der Waals surface area contributed by atoms with Crippen LogP contribution in [-0.2, 0) is 11.2 Å². The first-order valence-electron chi connectivity index (χ1n) is 9.18. The zero-order valence-electron chi connectivity index (χ0n) is 15.9. The van der Waals surface area contributed by atoms with Crippen LogP contribution in [0.25, 0.3) is 0 Å². The molecular weight excluding hydrogens is 394 g/mol. The number of carbonyl (C=O) groups is 2. The minimum Gasteiger partial charge on any atom is -0.340 e. The van der Waals surface area contributed by atoms with Crippen LogP contribution in [0.3, 0.4) is 0 Å². The van der Waals surface area contributed by atoms with Crippen molar-refractivity contribution in [2.45, 2.75) is 26.3 Å². The lowest BCUT2D eigenvalue weighted by Crippen LogP contribution is -2.53. The molecule has 0 aliphatic carbocycles. The van der Waals surface area contributed by atoms with E-state index in [-0.39, 0.29) is 30.2 Å². The Bertz CT molecular complexity index is 848. The van der Waals surface area contributed by atoms with Crippen LogP contribution in [0.2, 0.25) is 0 Å². The number of carbonyl (C=O) groups excluding carboxylic acids is 2. The normalized spacial score (nSPS) is 16.0. The predicted octanol–water partition coefficient (Wildman–Crippen LogP) is 2.69. The average Bonchev–Trinajstić information content (AvgIpc) is 3.35. The number of anilines is 1. The molecule has 148 valence electrons. The molecule has 9 heteroatoms. The van der Waals surface area contributed by atoms with Crippen LogP contribution in [0, 0.1) is 17.2 Å². The maximum absolute atomic E-state index is 12.6. The number of piperazine rings is 1. The third-order valence-electron chi connectivity index (χ3n) is 4.67. The van der Waals surface area contributed by atoms with Gasteiger partial charge in [-0.1, -0.05) is 19.9 Å². The van der Waals surface area contributed by atoms with E-state index in [1.165, 1.54) is 22.7 Å². The molecule has 1 saturated heterocycles. The lowest BCUT2D eigenvalue weighted by atomic mass is 10.0. The number of nitrogens with zero attached hydrogens (tertiary/aromatic N) is 4. The molecule has 0 saturated carbocycles. The summed E-state index contributed by atoms with van der Waals surface area (Å²) in [6, 6.07) is 5.84. The largest absolute Gasteiger partial charge is 0.340 e. The fourth-order valence-corrected chi connectivity index (χ4v) is 4.50. The molecule has 1 unspecified atom stereocenters. The summed E-state index contributed by atoms with van der Waals surface area (Å²) in [6.07, 6.45) is 0.219. The fourth-order valence-electron chi connectivity index (χ4n) is 3.18. The molecule has 7 nitrogen and oxygen atoms in total. The van der Waals surface area contributed by atoms with Crippen molar-refractivity contribution in [2.75, 3.05) is 31.5 Å². The second-order valence-electron chi connectivity index (χ2n) is 6.99. The van der Waals surface area contributed by atoms with E-state index in [0.29, 0.717) is 41.9 Å². The molecule has 0 spiro atoms. The summed E-state index contributed by atoms with van der Waals surface area (Å²) >= 11 is 2.69. The van der Waals surface area contributed by atoms with Gasteiger partial charge in [0.2, 0.25) is 5.91 Å². The highest BCUT2D eigenvalue weighted by Gasteiger charge is 2.28. The van der Waals surface area contributed by atoms with Crippen molar-refractivity contribution in [3.05, 3.63) is 33.5 Å². The van der Waals surface area contributed by atoms with Crippen LogP contribution in [0.5, 0.6) is 0 Å². The molecule has 1 aliphatic rings. The van der Waals surface area contributed by atoms with E-state index in [1.54, 1.807) is 6.07 Å². The Balaban J connectivity index is 1.50. The van der Waals surface area contributed by atoms with Crippen molar-refractivity contribution < 1.29 is 9.59 Å². The summed E-state index contributed by atoms with van der Waals surface area (Å²) in [5.74, 6) is 0.111. The highest BCUT2D eigenvalue weighted by Crippen LogP contribution is 2.19. The maximum Gasteiger partial charge on any atom is 0.267 e. The number of rotatable bonds is 6. The summed E-state index contributed by atoms with van der Waals surface area (Å²) < 4.78 is 0. The van der Waals surface area contributed by atoms with E-state index in [1.807, 2.05) is 35.6 Å². The molecule has 3 heterocycles. The minimum atomic E-state index is -0.185. The van der Waals surface area contributed by atoms with E-state index < -0.39 is 0 Å². The lowest BCUT2D eigenvalue weighted by Gasteiger charge is -2.38. The molecule has 1 atom stereocenters. The molecule has 0 aromatic carbocycles. The summed E-state index contributed by atoms with van der Waals surface area (Å²) in [5, 5.41) is 16.3. The van der Waals surface area contributed by atoms with E-state index in [4.69, 9.17) is 0 Å². The standard InChI is InChI=1S/C19H23N5O2S2/c1-13(2)15(11-20)23-5-7-24(8-6-23)17(25)10-14-12-28-19(21-14)22-18(26)16-4-3-9-27-16/h3-4,9,12-13,15H,5-8,10H2,1-2H3,(H,21,22,26). The minimum absolute atomic E-state index is 0.0270. The highest BCUT2D eigenvalue weighted by atomic mass is 32.1. The third kappa shape index (κ3) is 4.95. The molecule has 2 aromatic heterocycles. The van der Waals surface area contributed by atoms with Gasteiger partial charge in [0, 0.05) is 31.6 Å². The molecule has 28 heavy (non-hydrogen) atoms. The van der Waals surface area contributed by atoms with E-state index in [9.17, 15) is 14.9 Å². The van der Waals surface area contributed by atoms with E-state index in [2.05, 4.69) is 21.3 Å². The van der Waals surface area contributed by atoms with Crippen LogP contribution < -0.4 is 5.32 Å². The maximum atomic E-state index is 12.6. The Hall–Kier alpha value is -2.28. The van der Waals surface area contributed by atoms with Crippen molar-refractivity contribution in [3.8, 4) is 6.07 Å². The molecule has 3 rings (SSSR count). The molecule has 1 N–H and O–H groups in total. The number of hydrogen-bond acceptors (Lipinski definition) is 7. The Kier molecular flexibility index (Phi) is 6.78. The summed E-state index contributed by atoms with van der Waals surface area (Å²) in [6.45, 7) is 6.75. The molecule has 0 bridgehead atoms. The molecular formula is C19H23N5O2S2. The van der Waals surface area contributed by atoms with Crippen LogP contribution in [0.1, 0.15) is 29.2 Å². The van der Waals surface area contributed by atoms with Crippen LogP contribution in [0.4, 0.5) is 5.13 Å². The first-order chi connectivity index (χ1) is 13.5. The van der Waals surface area contributed by atoms with Gasteiger partial charge in [0.15, 0.2) is 5.13 Å². The van der Waals surface area contributed by atoms with Crippen LogP contribution in [0.15, 0.2) is 22.9 Å². The first kappa shape index (κ1) is 20.5. The van der Waals surface area contributed by atoms with Gasteiger partial charge in [-0.3, -0.25) is 19.8 Å². The fraction of sp³-hybridized carbons (Fsp3) is 0.474. The van der Waals surface area contributed by atoms with Gasteiger partial charge < -0.3 is 4.90 Å². The third-order valence-corrected chi connectivity index (χ3v) is 6.35. The van der Waals surface area contributed by atoms with Gasteiger partial charge >= 0.3 is 0 Å². The molecule has 2 aromatic rings. The van der Waals surface area contributed by atoms with Gasteiger partial charge in [0.1, 0.15) is 6.04 Å². The molecule has 1 aliphatic heterocycles. The number of aromatic nitrogens is 1. The Labute approximate surface area is 172 Å². The summed E-state index contributed by atoms with van der Waals surface area (Å²) in [4.78, 5) is 33.6. The van der Waals surface area contributed by atoms with Crippen molar-refractivity contribution >= 4 is 39.6 Å². The monoisotopic (exact) mass is 417 g/mol. The smallest absolute Gasteiger partial charge is 0.267 e. The number of nitrogens with one attached hydrogen (secondary N) is 1. The second-order valence-corrected chi connectivity index (χ2v) is 8.79. The molecule has 0 radical (unpaired) electrons. The van der Waals surface area contributed by atoms with E-state index >= 15 is 0 Å². The van der Waals surface area contributed by atoms with Gasteiger partial charge in [0.25, 0.3) is 5.91 Å². The number of hydrogen-bond donors (Lipinski definition) is 1. The van der Waals surface area contributed by atoms with Gasteiger partial charge in [-0.25, -0.2) is 4.98 Å². The summed E-state index contributed by atoms with van der Waals surface area (Å²) in [5.41, 5.74) is 0.663. The van der Waals surface area contributed by atoms with Crippen LogP contribution in [-0.4, -0.2) is 58.8 Å². The van der Waals surface area contributed by atoms with Gasteiger partial charge in [-0.05, 0) is 17.4 Å². The highest BCUT2D eigenvalue weighted by molar-refractivity contribution is 7.14. The molecule has 2 amide bonds. The quantitative estimate of drug-likeness (QED) is 0.781. The number of thiazole rings is 1. The number of thiophene rings is 1. The van der Waals surface area contributed by atoms with Gasteiger partial charge in [0.05, 0.1) is 23.1 Å². The Morgan fingerprint density at radius 2 is 2.04 bits per heavy atom. The first-order valence-corrected chi connectivity index (χ1v) is 10.9. The predicted molar refractivity (Wildman–Crippen MR) is 110 cm³/mol. The van der Waals surface area contributed by atoms with Gasteiger partial charge in [-0.2, -0.15) is 5.26 Å². The zero-order valence-corrected chi connectivity index (χ0v) is 17.6. The molecule has 1 fully saturated rings. The van der Waals surface area contributed by atoms with Gasteiger partial charge in [-0.15, -0.1) is 22.7 Å². The van der Waals surface area contributed by atoms with Crippen molar-refractivity contribution in [3.63, 3.8) is 0 Å². The Morgan fingerprint density at radius 3 is 2.64 bits per heavy atom. The van der Waals surface area contributed by atoms with Crippen molar-refractivity contribution in [2.24, 2.45) is 5.92 Å². The SMILES string of the molecule is CC(C)C(C#N)N1CCN(C(=O)Cc2csc(NC(=O)c3cccs3)n2)CC1. The van der Waals surface area contributed by atoms with E-state index in [0.717, 1.165) is 0 Å². The average molecular weight is 418 g/mol. The second kappa shape index (κ2) is 9.28. The van der Waals surface area contributed by atoms with Crippen molar-refractivity contribution in [1.29, 1.82) is 5.26 Å². The Morgan fingerprint density at radius 1 is 1.29 bits per heavy atom. The zero-order chi connectivity index (χ0) is 20.1. The number of nitriles is 1. The summed E-state index contributed by atoms with van der Waals surface area (Å²) in [7, 11) is 0.